The fraction of sp³-hybridized carbons (Fsp3) is 0.417. The van der Waals surface area contributed by atoms with Gasteiger partial charge in [-0.1, -0.05) is 31.5 Å². The summed E-state index contributed by atoms with van der Waals surface area (Å²) in [5, 5.41) is 9.03. The molecule has 1 aromatic rings. The zero-order valence-corrected chi connectivity index (χ0v) is 8.87. The van der Waals surface area contributed by atoms with Gasteiger partial charge in [-0.2, -0.15) is 0 Å². The van der Waals surface area contributed by atoms with Crippen LogP contribution in [-0.4, -0.2) is 11.1 Å². The molecule has 0 amide bonds. The lowest BCUT2D eigenvalue weighted by atomic mass is 9.92. The highest BCUT2D eigenvalue weighted by Gasteiger charge is 2.13. The largest absolute Gasteiger partial charge is 0.478 e. The summed E-state index contributed by atoms with van der Waals surface area (Å²) in [7, 11) is 0. The predicted octanol–water partition coefficient (Wildman–Crippen LogP) is 3.21. The molecule has 0 saturated heterocycles. The Morgan fingerprint density at radius 1 is 1.50 bits per heavy atom. The summed E-state index contributed by atoms with van der Waals surface area (Å²) in [4.78, 5) is 11.0. The van der Waals surface area contributed by atoms with Gasteiger partial charge in [0, 0.05) is 0 Å². The number of carboxylic acids is 1. The third-order valence-corrected chi connectivity index (χ3v) is 2.58. The Balaban J connectivity index is 3.21. The van der Waals surface area contributed by atoms with Crippen LogP contribution in [0.25, 0.3) is 0 Å². The Morgan fingerprint density at radius 2 is 2.14 bits per heavy atom. The van der Waals surface area contributed by atoms with E-state index in [1.807, 2.05) is 19.1 Å². The van der Waals surface area contributed by atoms with Gasteiger partial charge in [-0.3, -0.25) is 0 Å². The first-order chi connectivity index (χ1) is 6.56. The molecule has 14 heavy (non-hydrogen) atoms. The van der Waals surface area contributed by atoms with Gasteiger partial charge in [-0.25, -0.2) is 4.79 Å². The number of aryl methyl sites for hydroxylation is 1. The molecule has 1 N–H and O–H groups in total. The number of aromatic carboxylic acids is 1. The first kappa shape index (κ1) is 10.8. The van der Waals surface area contributed by atoms with Crippen molar-refractivity contribution in [2.45, 2.75) is 33.1 Å². The summed E-state index contributed by atoms with van der Waals surface area (Å²) in [6.07, 6.45) is 0.962. The fourth-order valence-electron chi connectivity index (χ4n) is 1.50. The minimum absolute atomic E-state index is 0.307. The minimum atomic E-state index is -0.830. The Labute approximate surface area is 84.6 Å². The molecule has 0 radical (unpaired) electrons. The molecule has 0 saturated carbocycles. The lowest BCUT2D eigenvalue weighted by Crippen LogP contribution is -2.05. The lowest BCUT2D eigenvalue weighted by molar-refractivity contribution is 0.0695. The van der Waals surface area contributed by atoms with E-state index in [-0.39, 0.29) is 0 Å². The first-order valence-corrected chi connectivity index (χ1v) is 4.90. The molecule has 76 valence electrons. The third-order valence-electron chi connectivity index (χ3n) is 2.58. The molecule has 0 heterocycles. The van der Waals surface area contributed by atoms with E-state index in [2.05, 4.69) is 13.8 Å². The van der Waals surface area contributed by atoms with Gasteiger partial charge in [0.05, 0.1) is 5.56 Å². The van der Waals surface area contributed by atoms with Crippen LogP contribution < -0.4 is 0 Å². The van der Waals surface area contributed by atoms with E-state index in [4.69, 9.17) is 5.11 Å². The average molecular weight is 192 g/mol. The fourth-order valence-corrected chi connectivity index (χ4v) is 1.50. The summed E-state index contributed by atoms with van der Waals surface area (Å²) in [5.74, 6) is -0.522. The van der Waals surface area contributed by atoms with Crippen molar-refractivity contribution in [1.29, 1.82) is 0 Å². The second-order valence-electron chi connectivity index (χ2n) is 3.71. The molecule has 1 rings (SSSR count). The highest BCUT2D eigenvalue weighted by molar-refractivity contribution is 5.89. The van der Waals surface area contributed by atoms with Gasteiger partial charge < -0.3 is 5.11 Å². The summed E-state index contributed by atoms with van der Waals surface area (Å²) in [6, 6.07) is 5.63. The van der Waals surface area contributed by atoms with Crippen LogP contribution in [0.2, 0.25) is 0 Å². The molecule has 0 fully saturated rings. The van der Waals surface area contributed by atoms with E-state index >= 15 is 0 Å². The summed E-state index contributed by atoms with van der Waals surface area (Å²) >= 11 is 0. The van der Waals surface area contributed by atoms with Crippen LogP contribution in [0.4, 0.5) is 0 Å². The van der Waals surface area contributed by atoms with E-state index in [1.54, 1.807) is 6.07 Å². The van der Waals surface area contributed by atoms with Crippen LogP contribution in [0.15, 0.2) is 18.2 Å². The maximum Gasteiger partial charge on any atom is 0.335 e. The second-order valence-corrected chi connectivity index (χ2v) is 3.71. The van der Waals surface area contributed by atoms with E-state index in [0.717, 1.165) is 17.5 Å². The van der Waals surface area contributed by atoms with Crippen LogP contribution in [0.5, 0.6) is 0 Å². The molecule has 1 aromatic carbocycles. The van der Waals surface area contributed by atoms with Gasteiger partial charge in [0.1, 0.15) is 0 Å². The Morgan fingerprint density at radius 3 is 2.64 bits per heavy atom. The maximum absolute atomic E-state index is 11.0. The number of benzene rings is 1. The molecular formula is C12H16O2. The highest BCUT2D eigenvalue weighted by Crippen LogP contribution is 2.23. The van der Waals surface area contributed by atoms with Crippen molar-refractivity contribution >= 4 is 5.97 Å². The highest BCUT2D eigenvalue weighted by atomic mass is 16.4. The van der Waals surface area contributed by atoms with E-state index in [0.29, 0.717) is 11.5 Å². The average Bonchev–Trinajstić information content (AvgIpc) is 2.16. The summed E-state index contributed by atoms with van der Waals surface area (Å²) in [6.45, 7) is 6.03. The van der Waals surface area contributed by atoms with Crippen molar-refractivity contribution in [2.24, 2.45) is 0 Å². The number of hydrogen-bond donors (Lipinski definition) is 1. The zero-order chi connectivity index (χ0) is 10.7. The minimum Gasteiger partial charge on any atom is -0.478 e. The topological polar surface area (TPSA) is 37.3 Å². The molecule has 0 bridgehead atoms. The zero-order valence-electron chi connectivity index (χ0n) is 8.87. The monoisotopic (exact) mass is 192 g/mol. The Bertz CT molecular complexity index is 342. The molecule has 0 aromatic heterocycles. The molecule has 1 atom stereocenters. The number of carbonyl (C=O) groups is 1. The van der Waals surface area contributed by atoms with Crippen molar-refractivity contribution < 1.29 is 9.90 Å². The van der Waals surface area contributed by atoms with Gasteiger partial charge in [0.2, 0.25) is 0 Å². The van der Waals surface area contributed by atoms with Crippen molar-refractivity contribution in [1.82, 2.24) is 0 Å². The quantitative estimate of drug-likeness (QED) is 0.798. The Kier molecular flexibility index (Phi) is 3.28. The second kappa shape index (κ2) is 4.27. The molecule has 0 spiro atoms. The summed E-state index contributed by atoms with van der Waals surface area (Å²) in [5.41, 5.74) is 2.37. The first-order valence-electron chi connectivity index (χ1n) is 4.90. The molecule has 0 aliphatic rings. The van der Waals surface area contributed by atoms with Crippen LogP contribution in [0.1, 0.15) is 47.7 Å². The van der Waals surface area contributed by atoms with Crippen LogP contribution in [0, 0.1) is 6.92 Å². The van der Waals surface area contributed by atoms with Gasteiger partial charge in [0.15, 0.2) is 0 Å². The lowest BCUT2D eigenvalue weighted by Gasteiger charge is -2.12. The maximum atomic E-state index is 11.0. The summed E-state index contributed by atoms with van der Waals surface area (Å²) < 4.78 is 0. The normalized spacial score (nSPS) is 12.5. The van der Waals surface area contributed by atoms with Gasteiger partial charge in [0.25, 0.3) is 0 Å². The van der Waals surface area contributed by atoms with Gasteiger partial charge in [-0.15, -0.1) is 0 Å². The van der Waals surface area contributed by atoms with Crippen molar-refractivity contribution in [2.75, 3.05) is 0 Å². The number of hydrogen-bond acceptors (Lipinski definition) is 1. The molecule has 0 aliphatic heterocycles. The van der Waals surface area contributed by atoms with Crippen LogP contribution in [0.3, 0.4) is 0 Å². The smallest absolute Gasteiger partial charge is 0.335 e. The van der Waals surface area contributed by atoms with E-state index in [1.165, 1.54) is 0 Å². The number of rotatable bonds is 3. The molecule has 2 nitrogen and oxygen atoms in total. The van der Waals surface area contributed by atoms with Crippen molar-refractivity contribution in [3.8, 4) is 0 Å². The SMILES string of the molecule is CCC(C)c1ccc(C)cc1C(=O)O. The predicted molar refractivity (Wildman–Crippen MR) is 56.8 cm³/mol. The van der Waals surface area contributed by atoms with Crippen molar-refractivity contribution in [3.63, 3.8) is 0 Å². The molecule has 2 heteroatoms. The Hall–Kier alpha value is -1.31. The van der Waals surface area contributed by atoms with E-state index < -0.39 is 5.97 Å². The molecule has 1 unspecified atom stereocenters. The van der Waals surface area contributed by atoms with Gasteiger partial charge >= 0.3 is 5.97 Å². The number of carboxylic acid groups (broad SMARTS) is 1. The van der Waals surface area contributed by atoms with E-state index in [9.17, 15) is 4.79 Å². The van der Waals surface area contributed by atoms with Crippen molar-refractivity contribution in [3.05, 3.63) is 34.9 Å². The van der Waals surface area contributed by atoms with Gasteiger partial charge in [-0.05, 0) is 30.9 Å². The molecule has 0 aliphatic carbocycles. The van der Waals surface area contributed by atoms with Crippen LogP contribution in [-0.2, 0) is 0 Å². The molecular weight excluding hydrogens is 176 g/mol. The standard InChI is InChI=1S/C12H16O2/c1-4-9(3)10-6-5-8(2)7-11(10)12(13)14/h5-7,9H,4H2,1-3H3,(H,13,14). The third kappa shape index (κ3) is 2.13. The van der Waals surface area contributed by atoms with Crippen LogP contribution >= 0.6 is 0 Å².